The molecule has 1 amide bonds. The lowest BCUT2D eigenvalue weighted by Crippen LogP contribution is -2.51. The number of fused-ring (bicyclic) bond motifs is 1. The van der Waals surface area contributed by atoms with Crippen LogP contribution in [-0.4, -0.2) is 59.6 Å². The van der Waals surface area contributed by atoms with Crippen molar-refractivity contribution in [3.63, 3.8) is 0 Å². The number of nitrogens with zero attached hydrogens (tertiary/aromatic N) is 2. The molecule has 2 aromatic rings. The molecule has 1 unspecified atom stereocenters. The molecule has 0 bridgehead atoms. The zero-order valence-electron chi connectivity index (χ0n) is 14.3. The van der Waals surface area contributed by atoms with Crippen molar-refractivity contribution in [2.75, 3.05) is 32.8 Å². The normalized spacial score (nSPS) is 22.4. The molecule has 0 spiro atoms. The van der Waals surface area contributed by atoms with Crippen molar-refractivity contribution in [2.45, 2.75) is 32.4 Å². The Bertz CT molecular complexity index is 725. The van der Waals surface area contributed by atoms with Gasteiger partial charge in [-0.2, -0.15) is 0 Å². The monoisotopic (exact) mass is 327 g/mol. The smallest absolute Gasteiger partial charge is 0.251 e. The second-order valence-corrected chi connectivity index (χ2v) is 6.88. The number of hydrogen-bond acceptors (Lipinski definition) is 3. The fourth-order valence-electron chi connectivity index (χ4n) is 3.86. The fraction of sp³-hybridized carbons (Fsp3) is 0.526. The average Bonchev–Trinajstić information content (AvgIpc) is 3.24. The number of benzene rings is 1. The van der Waals surface area contributed by atoms with Gasteiger partial charge in [-0.15, -0.1) is 0 Å². The van der Waals surface area contributed by atoms with E-state index in [1.807, 2.05) is 4.90 Å². The zero-order chi connectivity index (χ0) is 16.5. The number of aryl methyl sites for hydroxylation is 1. The van der Waals surface area contributed by atoms with Gasteiger partial charge in [0.25, 0.3) is 5.91 Å². The SMILES string of the molecule is Cc1[nH]c2ccccc2c1CN1CCN(C(=O)C2CCCO2)CC1. The number of nitrogens with one attached hydrogen (secondary N) is 1. The summed E-state index contributed by atoms with van der Waals surface area (Å²) < 4.78 is 5.54. The minimum absolute atomic E-state index is 0.188. The summed E-state index contributed by atoms with van der Waals surface area (Å²) in [6.45, 7) is 7.29. The lowest BCUT2D eigenvalue weighted by Gasteiger charge is -2.35. The Hall–Kier alpha value is -1.85. The molecule has 24 heavy (non-hydrogen) atoms. The van der Waals surface area contributed by atoms with Crippen molar-refractivity contribution < 1.29 is 9.53 Å². The Morgan fingerprint density at radius 2 is 2.04 bits per heavy atom. The molecule has 1 aromatic carbocycles. The summed E-state index contributed by atoms with van der Waals surface area (Å²) >= 11 is 0. The third kappa shape index (κ3) is 2.94. The van der Waals surface area contributed by atoms with E-state index in [0.717, 1.165) is 52.2 Å². The van der Waals surface area contributed by atoms with Crippen LogP contribution in [0.2, 0.25) is 0 Å². The molecule has 5 heteroatoms. The zero-order valence-corrected chi connectivity index (χ0v) is 14.3. The summed E-state index contributed by atoms with van der Waals surface area (Å²) in [4.78, 5) is 20.3. The summed E-state index contributed by atoms with van der Waals surface area (Å²) in [6, 6.07) is 8.48. The molecule has 3 heterocycles. The van der Waals surface area contributed by atoms with Crippen molar-refractivity contribution in [3.8, 4) is 0 Å². The van der Waals surface area contributed by atoms with Gasteiger partial charge in [0.15, 0.2) is 0 Å². The standard InChI is InChI=1S/C19H25N3O2/c1-14-16(15-5-2-3-6-17(15)20-14)13-21-8-10-22(11-9-21)19(23)18-7-4-12-24-18/h2-3,5-6,18,20H,4,7-13H2,1H3. The third-order valence-corrected chi connectivity index (χ3v) is 5.30. The molecule has 1 N–H and O–H groups in total. The van der Waals surface area contributed by atoms with E-state index in [1.54, 1.807) is 0 Å². The van der Waals surface area contributed by atoms with Gasteiger partial charge in [-0.25, -0.2) is 0 Å². The molecule has 0 aliphatic carbocycles. The predicted octanol–water partition coefficient (Wildman–Crippen LogP) is 2.30. The molecule has 1 aromatic heterocycles. The molecule has 2 aliphatic rings. The molecule has 2 aliphatic heterocycles. The van der Waals surface area contributed by atoms with Crippen molar-refractivity contribution >= 4 is 16.8 Å². The summed E-state index contributed by atoms with van der Waals surface area (Å²) in [7, 11) is 0. The molecule has 1 atom stereocenters. The van der Waals surface area contributed by atoms with E-state index in [0.29, 0.717) is 0 Å². The second kappa shape index (κ2) is 6.57. The summed E-state index contributed by atoms with van der Waals surface area (Å²) in [5.74, 6) is 0.190. The number of aromatic nitrogens is 1. The highest BCUT2D eigenvalue weighted by atomic mass is 16.5. The number of ether oxygens (including phenoxy) is 1. The first kappa shape index (κ1) is 15.7. The number of carbonyl (C=O) groups is 1. The van der Waals surface area contributed by atoms with Gasteiger partial charge in [-0.05, 0) is 31.4 Å². The Morgan fingerprint density at radius 1 is 1.25 bits per heavy atom. The van der Waals surface area contributed by atoms with Crippen LogP contribution in [0.1, 0.15) is 24.1 Å². The Labute approximate surface area is 142 Å². The Kier molecular flexibility index (Phi) is 4.29. The number of H-pyrrole nitrogens is 1. The van der Waals surface area contributed by atoms with Crippen LogP contribution in [0.25, 0.3) is 10.9 Å². The topological polar surface area (TPSA) is 48.6 Å². The molecule has 0 saturated carbocycles. The van der Waals surface area contributed by atoms with Crippen LogP contribution in [-0.2, 0) is 16.1 Å². The van der Waals surface area contributed by atoms with Crippen LogP contribution >= 0.6 is 0 Å². The predicted molar refractivity (Wildman–Crippen MR) is 93.9 cm³/mol. The molecular formula is C19H25N3O2. The molecule has 128 valence electrons. The number of amides is 1. The molecular weight excluding hydrogens is 302 g/mol. The number of aromatic amines is 1. The van der Waals surface area contributed by atoms with Gasteiger partial charge in [0.2, 0.25) is 0 Å². The van der Waals surface area contributed by atoms with Crippen LogP contribution in [0.15, 0.2) is 24.3 Å². The summed E-state index contributed by atoms with van der Waals surface area (Å²) in [6.07, 6.45) is 1.71. The minimum atomic E-state index is -0.188. The second-order valence-electron chi connectivity index (χ2n) is 6.88. The maximum absolute atomic E-state index is 12.4. The molecule has 2 saturated heterocycles. The van der Waals surface area contributed by atoms with Crippen LogP contribution in [0.4, 0.5) is 0 Å². The summed E-state index contributed by atoms with van der Waals surface area (Å²) in [5.41, 5.74) is 3.83. The Balaban J connectivity index is 1.39. The lowest BCUT2D eigenvalue weighted by molar-refractivity contribution is -0.142. The van der Waals surface area contributed by atoms with E-state index in [9.17, 15) is 4.79 Å². The largest absolute Gasteiger partial charge is 0.368 e. The average molecular weight is 327 g/mol. The highest BCUT2D eigenvalue weighted by molar-refractivity contribution is 5.84. The van der Waals surface area contributed by atoms with Crippen molar-refractivity contribution in [1.29, 1.82) is 0 Å². The summed E-state index contributed by atoms with van der Waals surface area (Å²) in [5, 5.41) is 1.31. The highest BCUT2D eigenvalue weighted by Gasteiger charge is 2.30. The van der Waals surface area contributed by atoms with E-state index in [4.69, 9.17) is 4.74 Å². The van der Waals surface area contributed by atoms with Gasteiger partial charge in [-0.3, -0.25) is 9.69 Å². The number of para-hydroxylation sites is 1. The fourth-order valence-corrected chi connectivity index (χ4v) is 3.86. The van der Waals surface area contributed by atoms with Crippen LogP contribution in [0.3, 0.4) is 0 Å². The maximum atomic E-state index is 12.4. The van der Waals surface area contributed by atoms with E-state index in [1.165, 1.54) is 22.2 Å². The van der Waals surface area contributed by atoms with Crippen molar-refractivity contribution in [3.05, 3.63) is 35.5 Å². The first-order valence-corrected chi connectivity index (χ1v) is 8.91. The third-order valence-electron chi connectivity index (χ3n) is 5.30. The first-order chi connectivity index (χ1) is 11.7. The Morgan fingerprint density at radius 3 is 2.79 bits per heavy atom. The maximum Gasteiger partial charge on any atom is 0.251 e. The minimum Gasteiger partial charge on any atom is -0.368 e. The first-order valence-electron chi connectivity index (χ1n) is 8.91. The van der Waals surface area contributed by atoms with Gasteiger partial charge in [0, 0.05) is 55.9 Å². The van der Waals surface area contributed by atoms with E-state index in [-0.39, 0.29) is 12.0 Å². The van der Waals surface area contributed by atoms with Crippen LogP contribution in [0.5, 0.6) is 0 Å². The molecule has 2 fully saturated rings. The number of hydrogen-bond donors (Lipinski definition) is 1. The highest BCUT2D eigenvalue weighted by Crippen LogP contribution is 2.24. The van der Waals surface area contributed by atoms with Crippen LogP contribution in [0, 0.1) is 6.92 Å². The molecule has 0 radical (unpaired) electrons. The van der Waals surface area contributed by atoms with E-state index < -0.39 is 0 Å². The van der Waals surface area contributed by atoms with Crippen molar-refractivity contribution in [2.24, 2.45) is 0 Å². The lowest BCUT2D eigenvalue weighted by atomic mass is 10.1. The van der Waals surface area contributed by atoms with E-state index in [2.05, 4.69) is 41.1 Å². The molecule has 4 rings (SSSR count). The number of rotatable bonds is 3. The number of carbonyl (C=O) groups excluding carboxylic acids is 1. The van der Waals surface area contributed by atoms with Crippen molar-refractivity contribution in [1.82, 2.24) is 14.8 Å². The van der Waals surface area contributed by atoms with E-state index >= 15 is 0 Å². The quantitative estimate of drug-likeness (QED) is 0.941. The van der Waals surface area contributed by atoms with Gasteiger partial charge in [0.05, 0.1) is 0 Å². The number of piperazine rings is 1. The van der Waals surface area contributed by atoms with Gasteiger partial charge < -0.3 is 14.6 Å². The van der Waals surface area contributed by atoms with Gasteiger partial charge in [-0.1, -0.05) is 18.2 Å². The van der Waals surface area contributed by atoms with Crippen LogP contribution < -0.4 is 0 Å². The van der Waals surface area contributed by atoms with Gasteiger partial charge in [0.1, 0.15) is 6.10 Å². The van der Waals surface area contributed by atoms with Gasteiger partial charge >= 0.3 is 0 Å². The molecule has 5 nitrogen and oxygen atoms in total.